The summed E-state index contributed by atoms with van der Waals surface area (Å²) in [5.41, 5.74) is 1.55. The average Bonchev–Trinajstić information content (AvgIpc) is 2.04. The summed E-state index contributed by atoms with van der Waals surface area (Å²) in [5.74, 6) is 0.332. The Morgan fingerprint density at radius 2 is 1.92 bits per heavy atom. The Hall–Kier alpha value is -1.05. The molecule has 0 heterocycles. The normalized spacial score (nSPS) is 10.6. The van der Waals surface area contributed by atoms with Crippen molar-refractivity contribution in [3.8, 4) is 5.75 Å². The van der Waals surface area contributed by atoms with Gasteiger partial charge in [0.1, 0.15) is 0 Å². The highest BCUT2D eigenvalue weighted by molar-refractivity contribution is 5.39. The molecule has 0 N–H and O–H groups in total. The van der Waals surface area contributed by atoms with Gasteiger partial charge in [0, 0.05) is 0 Å². The van der Waals surface area contributed by atoms with Gasteiger partial charge in [0.05, 0.1) is 7.11 Å². The Morgan fingerprint density at radius 1 is 1.31 bits per heavy atom. The molecule has 1 aromatic carbocycles. The number of rotatable bonds is 2. The van der Waals surface area contributed by atoms with Crippen molar-refractivity contribution >= 4 is 0 Å². The molecule has 0 amide bonds. The molecule has 1 aromatic rings. The van der Waals surface area contributed by atoms with Gasteiger partial charge in [0.15, 0.2) is 11.6 Å². The lowest BCUT2D eigenvalue weighted by Gasteiger charge is -2.12. The topological polar surface area (TPSA) is 9.23 Å². The molecule has 0 saturated carbocycles. The zero-order chi connectivity index (χ0) is 10.0. The van der Waals surface area contributed by atoms with Crippen LogP contribution in [0.4, 0.5) is 4.39 Å². The summed E-state index contributed by atoms with van der Waals surface area (Å²) in [6.45, 7) is 5.77. The monoisotopic (exact) mass is 182 g/mol. The molecular formula is C11H15FO. The number of hydrogen-bond donors (Lipinski definition) is 0. The fraction of sp³-hybridized carbons (Fsp3) is 0.455. The Kier molecular flexibility index (Phi) is 2.91. The second-order valence-electron chi connectivity index (χ2n) is 3.47. The Bertz CT molecular complexity index is 305. The molecule has 0 fully saturated rings. The van der Waals surface area contributed by atoms with Crippen LogP contribution in [0, 0.1) is 12.7 Å². The highest BCUT2D eigenvalue weighted by Gasteiger charge is 2.13. The van der Waals surface area contributed by atoms with E-state index in [0.717, 1.165) is 5.56 Å². The summed E-state index contributed by atoms with van der Waals surface area (Å²) in [6.07, 6.45) is 0. The quantitative estimate of drug-likeness (QED) is 0.682. The van der Waals surface area contributed by atoms with Crippen molar-refractivity contribution in [2.75, 3.05) is 7.11 Å². The van der Waals surface area contributed by atoms with Gasteiger partial charge in [-0.05, 0) is 24.0 Å². The van der Waals surface area contributed by atoms with Crippen LogP contribution in [0.5, 0.6) is 5.75 Å². The lowest BCUT2D eigenvalue weighted by Crippen LogP contribution is -1.98. The zero-order valence-corrected chi connectivity index (χ0v) is 8.52. The molecule has 0 bridgehead atoms. The van der Waals surface area contributed by atoms with E-state index >= 15 is 0 Å². The van der Waals surface area contributed by atoms with Gasteiger partial charge in [-0.15, -0.1) is 0 Å². The summed E-state index contributed by atoms with van der Waals surface area (Å²) in [5, 5.41) is 0. The summed E-state index contributed by atoms with van der Waals surface area (Å²) >= 11 is 0. The largest absolute Gasteiger partial charge is 0.493 e. The van der Waals surface area contributed by atoms with Crippen molar-refractivity contribution in [3.63, 3.8) is 0 Å². The second kappa shape index (κ2) is 3.77. The predicted octanol–water partition coefficient (Wildman–Crippen LogP) is 3.27. The van der Waals surface area contributed by atoms with E-state index in [1.165, 1.54) is 7.11 Å². The summed E-state index contributed by atoms with van der Waals surface area (Å²) < 4.78 is 18.7. The predicted molar refractivity (Wildman–Crippen MR) is 51.8 cm³/mol. The zero-order valence-electron chi connectivity index (χ0n) is 8.52. The number of ether oxygens (including phenoxy) is 1. The molecule has 0 aromatic heterocycles. The van der Waals surface area contributed by atoms with Crippen LogP contribution in [0.3, 0.4) is 0 Å². The van der Waals surface area contributed by atoms with Crippen LogP contribution in [0.2, 0.25) is 0 Å². The first-order valence-corrected chi connectivity index (χ1v) is 4.41. The maximum atomic E-state index is 13.7. The van der Waals surface area contributed by atoms with Crippen LogP contribution < -0.4 is 4.74 Å². The van der Waals surface area contributed by atoms with E-state index in [1.54, 1.807) is 0 Å². The minimum atomic E-state index is -0.225. The van der Waals surface area contributed by atoms with Gasteiger partial charge >= 0.3 is 0 Å². The van der Waals surface area contributed by atoms with Gasteiger partial charge in [-0.2, -0.15) is 0 Å². The second-order valence-corrected chi connectivity index (χ2v) is 3.47. The average molecular weight is 182 g/mol. The van der Waals surface area contributed by atoms with Gasteiger partial charge in [-0.3, -0.25) is 0 Å². The van der Waals surface area contributed by atoms with E-state index in [1.807, 2.05) is 32.9 Å². The lowest BCUT2D eigenvalue weighted by atomic mass is 10.0. The first-order chi connectivity index (χ1) is 6.07. The summed E-state index contributed by atoms with van der Waals surface area (Å²) in [4.78, 5) is 0. The summed E-state index contributed by atoms with van der Waals surface area (Å²) in [7, 11) is 1.50. The van der Waals surface area contributed by atoms with E-state index in [9.17, 15) is 4.39 Å². The highest BCUT2D eigenvalue weighted by Crippen LogP contribution is 2.28. The molecular weight excluding hydrogens is 167 g/mol. The molecule has 1 nitrogen and oxygen atoms in total. The highest BCUT2D eigenvalue weighted by atomic mass is 19.1. The number of aryl methyl sites for hydroxylation is 1. The smallest absolute Gasteiger partial charge is 0.168 e. The van der Waals surface area contributed by atoms with Crippen LogP contribution in [0.1, 0.15) is 30.9 Å². The fourth-order valence-corrected chi connectivity index (χ4v) is 1.36. The third-order valence-corrected chi connectivity index (χ3v) is 2.15. The third kappa shape index (κ3) is 1.82. The van der Waals surface area contributed by atoms with Crippen molar-refractivity contribution < 1.29 is 9.13 Å². The molecule has 0 aliphatic rings. The molecule has 0 aliphatic heterocycles. The minimum Gasteiger partial charge on any atom is -0.493 e. The molecule has 0 aliphatic carbocycles. The maximum Gasteiger partial charge on any atom is 0.168 e. The number of hydrogen-bond acceptors (Lipinski definition) is 1. The van der Waals surface area contributed by atoms with Gasteiger partial charge in [-0.25, -0.2) is 4.39 Å². The molecule has 0 unspecified atom stereocenters. The van der Waals surface area contributed by atoms with Crippen LogP contribution in [-0.4, -0.2) is 7.11 Å². The molecule has 0 spiro atoms. The number of halogens is 1. The SMILES string of the molecule is COc1c(C)ccc(C(C)C)c1F. The van der Waals surface area contributed by atoms with E-state index in [4.69, 9.17) is 4.74 Å². The van der Waals surface area contributed by atoms with Crippen LogP contribution in [-0.2, 0) is 0 Å². The van der Waals surface area contributed by atoms with Gasteiger partial charge in [0.25, 0.3) is 0 Å². The van der Waals surface area contributed by atoms with Crippen LogP contribution in [0.15, 0.2) is 12.1 Å². The van der Waals surface area contributed by atoms with E-state index in [0.29, 0.717) is 11.3 Å². The molecule has 13 heavy (non-hydrogen) atoms. The van der Waals surface area contributed by atoms with Crippen molar-refractivity contribution in [2.45, 2.75) is 26.7 Å². The molecule has 72 valence electrons. The van der Waals surface area contributed by atoms with Crippen LogP contribution in [0.25, 0.3) is 0 Å². The minimum absolute atomic E-state index is 0.189. The molecule has 0 radical (unpaired) electrons. The Balaban J connectivity index is 3.27. The van der Waals surface area contributed by atoms with Crippen molar-refractivity contribution in [1.82, 2.24) is 0 Å². The molecule has 1 rings (SSSR count). The molecule has 0 saturated heterocycles. The number of benzene rings is 1. The number of methoxy groups -OCH3 is 1. The van der Waals surface area contributed by atoms with Crippen molar-refractivity contribution in [1.29, 1.82) is 0 Å². The molecule has 0 atom stereocenters. The van der Waals surface area contributed by atoms with Gasteiger partial charge < -0.3 is 4.74 Å². The van der Waals surface area contributed by atoms with Crippen LogP contribution >= 0.6 is 0 Å². The first-order valence-electron chi connectivity index (χ1n) is 4.41. The van der Waals surface area contributed by atoms with E-state index in [-0.39, 0.29) is 11.7 Å². The Morgan fingerprint density at radius 3 is 2.38 bits per heavy atom. The van der Waals surface area contributed by atoms with E-state index < -0.39 is 0 Å². The van der Waals surface area contributed by atoms with E-state index in [2.05, 4.69) is 0 Å². The maximum absolute atomic E-state index is 13.7. The summed E-state index contributed by atoms with van der Waals surface area (Å²) in [6, 6.07) is 3.70. The first kappa shape index (κ1) is 10.0. The van der Waals surface area contributed by atoms with Crippen molar-refractivity contribution in [3.05, 3.63) is 29.1 Å². The van der Waals surface area contributed by atoms with Gasteiger partial charge in [0.2, 0.25) is 0 Å². The third-order valence-electron chi connectivity index (χ3n) is 2.15. The standard InChI is InChI=1S/C11H15FO/c1-7(2)9-6-5-8(3)11(13-4)10(9)12/h5-7H,1-4H3. The Labute approximate surface area is 78.5 Å². The van der Waals surface area contributed by atoms with Gasteiger partial charge in [-0.1, -0.05) is 26.0 Å². The lowest BCUT2D eigenvalue weighted by molar-refractivity contribution is 0.380. The fourth-order valence-electron chi connectivity index (χ4n) is 1.36. The molecule has 2 heteroatoms. The van der Waals surface area contributed by atoms with Crippen molar-refractivity contribution in [2.24, 2.45) is 0 Å².